The molecule has 0 fully saturated rings. The molecule has 2 unspecified atom stereocenters. The SMILES string of the molecule is CCC(SP(=O)(O)O)C(CC)N(CC)CC. The molecule has 0 bridgehead atoms. The Morgan fingerprint density at radius 3 is 1.88 bits per heavy atom. The van der Waals surface area contributed by atoms with E-state index in [9.17, 15) is 4.57 Å². The maximum Gasteiger partial charge on any atom is 0.384 e. The van der Waals surface area contributed by atoms with Crippen LogP contribution in [0.2, 0.25) is 0 Å². The molecule has 0 saturated carbocycles. The minimum Gasteiger partial charge on any atom is -0.317 e. The molecular weight excluding hydrogens is 245 g/mol. The molecule has 0 aromatic rings. The van der Waals surface area contributed by atoms with Crippen LogP contribution in [0.5, 0.6) is 0 Å². The Morgan fingerprint density at radius 2 is 1.62 bits per heavy atom. The Morgan fingerprint density at radius 1 is 1.12 bits per heavy atom. The minimum atomic E-state index is -3.98. The van der Waals surface area contributed by atoms with E-state index in [1.165, 1.54) is 0 Å². The highest BCUT2D eigenvalue weighted by Crippen LogP contribution is 2.54. The van der Waals surface area contributed by atoms with Gasteiger partial charge in [0.25, 0.3) is 0 Å². The molecular formula is C10H24NO3PS. The topological polar surface area (TPSA) is 60.8 Å². The largest absolute Gasteiger partial charge is 0.384 e. The van der Waals surface area contributed by atoms with Crippen LogP contribution >= 0.6 is 18.2 Å². The highest BCUT2D eigenvalue weighted by atomic mass is 32.7. The second-order valence-electron chi connectivity index (χ2n) is 3.74. The van der Waals surface area contributed by atoms with Crippen LogP contribution < -0.4 is 0 Å². The van der Waals surface area contributed by atoms with E-state index in [1.54, 1.807) is 0 Å². The fraction of sp³-hybridized carbons (Fsp3) is 1.00. The van der Waals surface area contributed by atoms with E-state index in [4.69, 9.17) is 9.79 Å². The number of rotatable bonds is 8. The van der Waals surface area contributed by atoms with Gasteiger partial charge >= 0.3 is 6.80 Å². The lowest BCUT2D eigenvalue weighted by Crippen LogP contribution is -2.41. The first-order valence-corrected chi connectivity index (χ1v) is 8.97. The van der Waals surface area contributed by atoms with Crippen molar-refractivity contribution in [2.24, 2.45) is 0 Å². The molecule has 0 rings (SSSR count). The lowest BCUT2D eigenvalue weighted by atomic mass is 10.1. The number of nitrogens with zero attached hydrogens (tertiary/aromatic N) is 1. The second kappa shape index (κ2) is 7.72. The van der Waals surface area contributed by atoms with Crippen molar-refractivity contribution in [3.05, 3.63) is 0 Å². The quantitative estimate of drug-likeness (QED) is 0.663. The molecule has 6 heteroatoms. The molecule has 4 nitrogen and oxygen atoms in total. The molecule has 0 amide bonds. The van der Waals surface area contributed by atoms with Gasteiger partial charge in [-0.25, -0.2) is 4.57 Å². The fourth-order valence-electron chi connectivity index (χ4n) is 2.04. The summed E-state index contributed by atoms with van der Waals surface area (Å²) in [7, 11) is 0. The first kappa shape index (κ1) is 16.5. The molecule has 0 aromatic carbocycles. The molecule has 0 aromatic heterocycles. The van der Waals surface area contributed by atoms with Crippen molar-refractivity contribution in [3.63, 3.8) is 0 Å². The van der Waals surface area contributed by atoms with Crippen molar-refractivity contribution in [2.45, 2.75) is 51.8 Å². The normalized spacial score (nSPS) is 16.4. The van der Waals surface area contributed by atoms with E-state index in [1.807, 2.05) is 6.92 Å². The van der Waals surface area contributed by atoms with Gasteiger partial charge in [0.1, 0.15) is 0 Å². The number of hydrogen-bond donors (Lipinski definition) is 2. The molecule has 2 N–H and O–H groups in total. The van der Waals surface area contributed by atoms with Gasteiger partial charge in [0, 0.05) is 11.3 Å². The van der Waals surface area contributed by atoms with Gasteiger partial charge in [-0.2, -0.15) is 0 Å². The predicted molar refractivity (Wildman–Crippen MR) is 70.7 cm³/mol. The molecule has 0 aliphatic rings. The number of hydrogen-bond acceptors (Lipinski definition) is 3. The van der Waals surface area contributed by atoms with Crippen molar-refractivity contribution in [3.8, 4) is 0 Å². The van der Waals surface area contributed by atoms with Crippen LogP contribution in [-0.4, -0.2) is 39.1 Å². The van der Waals surface area contributed by atoms with Crippen LogP contribution in [0.15, 0.2) is 0 Å². The smallest absolute Gasteiger partial charge is 0.317 e. The van der Waals surface area contributed by atoms with Crippen LogP contribution in [0, 0.1) is 0 Å². The van der Waals surface area contributed by atoms with Crippen LogP contribution in [-0.2, 0) is 4.57 Å². The summed E-state index contributed by atoms with van der Waals surface area (Å²) in [5.41, 5.74) is 0. The Labute approximate surface area is 103 Å². The summed E-state index contributed by atoms with van der Waals surface area (Å²) in [5.74, 6) is 0. The summed E-state index contributed by atoms with van der Waals surface area (Å²) in [6.07, 6.45) is 1.71. The van der Waals surface area contributed by atoms with Crippen molar-refractivity contribution < 1.29 is 14.4 Å². The lowest BCUT2D eigenvalue weighted by molar-refractivity contribution is 0.205. The van der Waals surface area contributed by atoms with Gasteiger partial charge in [-0.3, -0.25) is 4.90 Å². The maximum absolute atomic E-state index is 11.1. The Bertz CT molecular complexity index is 230. The third kappa shape index (κ3) is 5.69. The summed E-state index contributed by atoms with van der Waals surface area (Å²) < 4.78 is 11.1. The molecule has 98 valence electrons. The zero-order valence-corrected chi connectivity index (χ0v) is 12.3. The molecule has 0 spiro atoms. The highest BCUT2D eigenvalue weighted by molar-refractivity contribution is 8.54. The molecule has 0 aliphatic heterocycles. The van der Waals surface area contributed by atoms with E-state index in [0.717, 1.165) is 37.3 Å². The van der Waals surface area contributed by atoms with Gasteiger partial charge in [-0.1, -0.05) is 27.7 Å². The first-order valence-electron chi connectivity index (χ1n) is 5.87. The highest BCUT2D eigenvalue weighted by Gasteiger charge is 2.29. The van der Waals surface area contributed by atoms with Gasteiger partial charge in [-0.15, -0.1) is 0 Å². The zero-order valence-electron chi connectivity index (χ0n) is 10.6. The molecule has 0 aliphatic carbocycles. The summed E-state index contributed by atoms with van der Waals surface area (Å²) >= 11 is 0.819. The summed E-state index contributed by atoms with van der Waals surface area (Å²) in [6.45, 7) is 6.10. The monoisotopic (exact) mass is 269 g/mol. The van der Waals surface area contributed by atoms with Crippen LogP contribution in [0.4, 0.5) is 0 Å². The van der Waals surface area contributed by atoms with E-state index < -0.39 is 6.80 Å². The van der Waals surface area contributed by atoms with Gasteiger partial charge in [0.15, 0.2) is 0 Å². The average Bonchev–Trinajstić information content (AvgIpc) is 2.21. The summed E-state index contributed by atoms with van der Waals surface area (Å²) in [5, 5.41) is 0.00531. The predicted octanol–water partition coefficient (Wildman–Crippen LogP) is 2.71. The van der Waals surface area contributed by atoms with Gasteiger partial charge < -0.3 is 9.79 Å². The maximum atomic E-state index is 11.1. The van der Waals surface area contributed by atoms with Crippen LogP contribution in [0.3, 0.4) is 0 Å². The summed E-state index contributed by atoms with van der Waals surface area (Å²) in [6, 6.07) is 0.248. The zero-order chi connectivity index (χ0) is 12.8. The third-order valence-corrected chi connectivity index (χ3v) is 5.63. The first-order chi connectivity index (χ1) is 7.39. The van der Waals surface area contributed by atoms with E-state index in [-0.39, 0.29) is 11.3 Å². The molecule has 16 heavy (non-hydrogen) atoms. The van der Waals surface area contributed by atoms with E-state index in [0.29, 0.717) is 0 Å². The van der Waals surface area contributed by atoms with Crippen LogP contribution in [0.1, 0.15) is 40.5 Å². The van der Waals surface area contributed by atoms with Crippen LogP contribution in [0.25, 0.3) is 0 Å². The third-order valence-electron chi connectivity index (χ3n) is 2.80. The van der Waals surface area contributed by atoms with Crippen molar-refractivity contribution in [1.29, 1.82) is 0 Å². The van der Waals surface area contributed by atoms with Gasteiger partial charge in [0.05, 0.1) is 0 Å². The standard InChI is InChI=1S/C10H24NO3PS/c1-5-9(11(7-3)8-4)10(6-2)16-15(12,13)14/h9-10H,5-8H2,1-4H3,(H2,12,13,14). The van der Waals surface area contributed by atoms with E-state index in [2.05, 4.69) is 25.7 Å². The van der Waals surface area contributed by atoms with Gasteiger partial charge in [-0.05, 0) is 37.3 Å². The Balaban J connectivity index is 4.67. The molecule has 0 saturated heterocycles. The molecule has 0 radical (unpaired) electrons. The minimum absolute atomic E-state index is 0.00531. The molecule has 2 atom stereocenters. The Kier molecular flexibility index (Phi) is 7.94. The fourth-order valence-corrected chi connectivity index (χ4v) is 4.98. The van der Waals surface area contributed by atoms with Crippen molar-refractivity contribution in [2.75, 3.05) is 13.1 Å². The second-order valence-corrected chi connectivity index (χ2v) is 7.60. The summed E-state index contributed by atoms with van der Waals surface area (Å²) in [4.78, 5) is 20.4. The lowest BCUT2D eigenvalue weighted by Gasteiger charge is -2.34. The van der Waals surface area contributed by atoms with Crippen molar-refractivity contribution >= 4 is 18.2 Å². The average molecular weight is 269 g/mol. The van der Waals surface area contributed by atoms with E-state index >= 15 is 0 Å². The Hall–Kier alpha value is 0.460. The van der Waals surface area contributed by atoms with Crippen molar-refractivity contribution in [1.82, 2.24) is 4.90 Å². The van der Waals surface area contributed by atoms with Gasteiger partial charge in [0.2, 0.25) is 0 Å². The molecule has 0 heterocycles.